The van der Waals surface area contributed by atoms with E-state index in [0.717, 1.165) is 5.56 Å². The molecule has 0 saturated heterocycles. The molecule has 102 valence electrons. The molecule has 3 nitrogen and oxygen atoms in total. The Morgan fingerprint density at radius 2 is 1.68 bits per heavy atom. The predicted molar refractivity (Wildman–Crippen MR) is 77.6 cm³/mol. The predicted octanol–water partition coefficient (Wildman–Crippen LogP) is 3.54. The number of rotatable bonds is 4. The molecule has 0 fully saturated rings. The summed E-state index contributed by atoms with van der Waals surface area (Å²) in [6, 6.07) is 4.28. The van der Waals surface area contributed by atoms with E-state index in [1.807, 2.05) is 13.8 Å². The van der Waals surface area contributed by atoms with Gasteiger partial charge in [-0.2, -0.15) is 4.79 Å². The number of hydrogen-bond donors (Lipinski definition) is 0. The van der Waals surface area contributed by atoms with Crippen molar-refractivity contribution < 1.29 is 9.58 Å². The van der Waals surface area contributed by atoms with Gasteiger partial charge in [-0.05, 0) is 48.4 Å². The molecule has 0 spiro atoms. The Bertz CT molecular complexity index is 541. The second-order valence-electron chi connectivity index (χ2n) is 5.90. The quantitative estimate of drug-likeness (QED) is 0.463. The summed E-state index contributed by atoms with van der Waals surface area (Å²) in [5.74, 6) is -0.122. The number of hydrogen-bond acceptors (Lipinski definition) is 1. The van der Waals surface area contributed by atoms with Gasteiger partial charge in [-0.25, -0.2) is 0 Å². The molecule has 0 aliphatic rings. The van der Waals surface area contributed by atoms with Crippen LogP contribution < -0.4 is 0 Å². The summed E-state index contributed by atoms with van der Waals surface area (Å²) in [6.07, 6.45) is 0.338. The van der Waals surface area contributed by atoms with Gasteiger partial charge in [0.15, 0.2) is 0 Å². The Kier molecular flexibility index (Phi) is 4.43. The maximum absolute atomic E-state index is 11.9. The first kappa shape index (κ1) is 15.3. The molecule has 3 heteroatoms. The first-order valence-corrected chi connectivity index (χ1v) is 6.49. The second-order valence-corrected chi connectivity index (χ2v) is 5.90. The molecule has 19 heavy (non-hydrogen) atoms. The zero-order valence-electron chi connectivity index (χ0n) is 12.7. The summed E-state index contributed by atoms with van der Waals surface area (Å²) in [5, 5.41) is 0. The van der Waals surface area contributed by atoms with Crippen molar-refractivity contribution in [3.63, 3.8) is 0 Å². The van der Waals surface area contributed by atoms with Crippen molar-refractivity contribution in [2.24, 2.45) is 0 Å². The van der Waals surface area contributed by atoms with Crippen molar-refractivity contribution in [3.05, 3.63) is 39.9 Å². The van der Waals surface area contributed by atoms with Gasteiger partial charge < -0.3 is 5.53 Å². The first-order valence-electron chi connectivity index (χ1n) is 6.49. The van der Waals surface area contributed by atoms with Crippen LogP contribution in [-0.2, 0) is 10.2 Å². The van der Waals surface area contributed by atoms with Gasteiger partial charge in [0.05, 0.1) is 0 Å². The molecule has 0 amide bonds. The number of ketones is 1. The number of Topliss-reactive ketones (excluding diaryl/α,β-unsaturated/α-hetero) is 1. The molecule has 0 aliphatic heterocycles. The van der Waals surface area contributed by atoms with Crippen LogP contribution in [0.2, 0.25) is 0 Å². The highest BCUT2D eigenvalue weighted by atomic mass is 16.1. The minimum absolute atomic E-state index is 0.122. The fourth-order valence-corrected chi connectivity index (χ4v) is 2.11. The summed E-state index contributed by atoms with van der Waals surface area (Å²) in [6.45, 7) is 11.9. The van der Waals surface area contributed by atoms with Crippen LogP contribution in [-0.4, -0.2) is 16.3 Å². The van der Waals surface area contributed by atoms with E-state index < -0.39 is 0 Å². The third kappa shape index (κ3) is 3.39. The van der Waals surface area contributed by atoms with Gasteiger partial charge in [0.2, 0.25) is 5.78 Å². The van der Waals surface area contributed by atoms with Crippen LogP contribution in [0.15, 0.2) is 12.1 Å². The molecule has 0 radical (unpaired) electrons. The maximum Gasteiger partial charge on any atom is 0.331 e. The summed E-state index contributed by atoms with van der Waals surface area (Å²) in [4.78, 5) is 14.9. The standard InChI is InChI=1S/C16H22N2O/c1-10-7-14(8-11(2)12(10)3)16(5,6)9-15(19)13(4)18-17/h7-8H,9H2,1-6H3. The van der Waals surface area contributed by atoms with E-state index in [1.54, 1.807) is 0 Å². The van der Waals surface area contributed by atoms with E-state index in [9.17, 15) is 4.79 Å². The second kappa shape index (κ2) is 5.50. The van der Waals surface area contributed by atoms with Crippen molar-refractivity contribution in [1.82, 2.24) is 0 Å². The van der Waals surface area contributed by atoms with Crippen LogP contribution in [0.1, 0.15) is 49.4 Å². The third-order valence-electron chi connectivity index (χ3n) is 3.86. The van der Waals surface area contributed by atoms with Gasteiger partial charge in [0.25, 0.3) is 0 Å². The summed E-state index contributed by atoms with van der Waals surface area (Å²) in [5.41, 5.74) is 13.5. The zero-order chi connectivity index (χ0) is 14.8. The lowest BCUT2D eigenvalue weighted by molar-refractivity contribution is -0.118. The molecule has 0 N–H and O–H groups in total. The molecule has 0 saturated carbocycles. The number of aryl methyl sites for hydroxylation is 2. The number of carbonyl (C=O) groups excluding carboxylic acids is 1. The van der Waals surface area contributed by atoms with Crippen LogP contribution in [0, 0.1) is 20.8 Å². The van der Waals surface area contributed by atoms with Crippen molar-refractivity contribution in [3.8, 4) is 0 Å². The van der Waals surface area contributed by atoms with Crippen molar-refractivity contribution in [1.29, 1.82) is 0 Å². The fourth-order valence-electron chi connectivity index (χ4n) is 2.11. The normalized spacial score (nSPS) is 11.1. The number of nitrogens with zero attached hydrogens (tertiary/aromatic N) is 2. The highest BCUT2D eigenvalue weighted by Gasteiger charge is 2.28. The van der Waals surface area contributed by atoms with Gasteiger partial charge in [-0.15, -0.1) is 0 Å². The Labute approximate surface area is 115 Å². The van der Waals surface area contributed by atoms with Gasteiger partial charge in [0, 0.05) is 13.3 Å². The van der Waals surface area contributed by atoms with Crippen molar-refractivity contribution in [2.45, 2.75) is 53.4 Å². The highest BCUT2D eigenvalue weighted by Crippen LogP contribution is 2.30. The lowest BCUT2D eigenvalue weighted by Crippen LogP contribution is -2.26. The van der Waals surface area contributed by atoms with Gasteiger partial charge in [-0.1, -0.05) is 26.0 Å². The number of benzene rings is 1. The third-order valence-corrected chi connectivity index (χ3v) is 3.86. The summed E-state index contributed by atoms with van der Waals surface area (Å²) >= 11 is 0. The van der Waals surface area contributed by atoms with Crippen LogP contribution >= 0.6 is 0 Å². The van der Waals surface area contributed by atoms with Crippen molar-refractivity contribution in [2.75, 3.05) is 0 Å². The maximum atomic E-state index is 11.9. The molecule has 1 aromatic carbocycles. The number of carbonyl (C=O) groups is 1. The zero-order valence-corrected chi connectivity index (χ0v) is 12.7. The average Bonchev–Trinajstić information content (AvgIpc) is 2.33. The Balaban J connectivity index is 3.14. The first-order chi connectivity index (χ1) is 8.69. The van der Waals surface area contributed by atoms with Crippen molar-refractivity contribution >= 4 is 11.5 Å². The smallest absolute Gasteiger partial charge is 0.331 e. The molecular weight excluding hydrogens is 236 g/mol. The highest BCUT2D eigenvalue weighted by molar-refractivity contribution is 6.36. The van der Waals surface area contributed by atoms with E-state index in [1.165, 1.54) is 23.6 Å². The lowest BCUT2D eigenvalue weighted by atomic mass is 9.78. The van der Waals surface area contributed by atoms with Crippen LogP contribution in [0.3, 0.4) is 0 Å². The van der Waals surface area contributed by atoms with E-state index in [-0.39, 0.29) is 16.9 Å². The van der Waals surface area contributed by atoms with Crippen LogP contribution in [0.5, 0.6) is 0 Å². The fraction of sp³-hybridized carbons (Fsp3) is 0.500. The van der Waals surface area contributed by atoms with E-state index in [0.29, 0.717) is 6.42 Å². The molecule has 0 aliphatic carbocycles. The Hall–Kier alpha value is -1.73. The Morgan fingerprint density at radius 3 is 2.11 bits per heavy atom. The minimum atomic E-state index is -0.272. The van der Waals surface area contributed by atoms with Gasteiger partial charge >= 0.3 is 5.71 Å². The topological polar surface area (TPSA) is 53.5 Å². The van der Waals surface area contributed by atoms with E-state index >= 15 is 0 Å². The van der Waals surface area contributed by atoms with E-state index in [2.05, 4.69) is 37.7 Å². The molecule has 0 atom stereocenters. The largest absolute Gasteiger partial charge is 0.361 e. The molecule has 0 aromatic heterocycles. The minimum Gasteiger partial charge on any atom is -0.361 e. The molecule has 1 aromatic rings. The molecule has 0 heterocycles. The summed E-state index contributed by atoms with van der Waals surface area (Å²) < 4.78 is 0. The summed E-state index contributed by atoms with van der Waals surface area (Å²) in [7, 11) is 0. The van der Waals surface area contributed by atoms with Crippen LogP contribution in [0.25, 0.3) is 5.53 Å². The lowest BCUT2D eigenvalue weighted by Gasteiger charge is -2.25. The van der Waals surface area contributed by atoms with Gasteiger partial charge in [0.1, 0.15) is 0 Å². The monoisotopic (exact) mass is 258 g/mol. The molecule has 0 unspecified atom stereocenters. The average molecular weight is 258 g/mol. The molecular formula is C16H22N2O. The Morgan fingerprint density at radius 1 is 1.21 bits per heavy atom. The molecule has 1 rings (SSSR count). The van der Waals surface area contributed by atoms with Crippen LogP contribution in [0.4, 0.5) is 0 Å². The SMILES string of the molecule is CC(=[N+]=[N-])C(=O)CC(C)(C)c1cc(C)c(C)c(C)c1. The van der Waals surface area contributed by atoms with Gasteiger partial charge in [-0.3, -0.25) is 4.79 Å². The van der Waals surface area contributed by atoms with E-state index in [4.69, 9.17) is 5.53 Å². The molecule has 0 bridgehead atoms.